The number of pyridine rings is 1. The predicted molar refractivity (Wildman–Crippen MR) is 82.8 cm³/mol. The monoisotopic (exact) mass is 286 g/mol. The van der Waals surface area contributed by atoms with Gasteiger partial charge in [0.2, 0.25) is 0 Å². The Bertz CT molecular complexity index is 505. The normalized spacial score (nSPS) is 13.8. The molecule has 1 aromatic heterocycles. The molecule has 0 amide bonds. The van der Waals surface area contributed by atoms with Gasteiger partial charge in [0, 0.05) is 25.5 Å². The van der Waals surface area contributed by atoms with E-state index in [2.05, 4.69) is 10.3 Å². The molecule has 2 atom stereocenters. The molecule has 4 nitrogen and oxygen atoms in total. The summed E-state index contributed by atoms with van der Waals surface area (Å²) in [5, 5.41) is 13.1. The molecule has 2 N–H and O–H groups in total. The third-order valence-electron chi connectivity index (χ3n) is 3.27. The van der Waals surface area contributed by atoms with E-state index in [1.165, 1.54) is 0 Å². The van der Waals surface area contributed by atoms with E-state index in [-0.39, 0.29) is 6.10 Å². The summed E-state index contributed by atoms with van der Waals surface area (Å²) in [6, 6.07) is 13.9. The number of nitrogens with zero attached hydrogens (tertiary/aromatic N) is 1. The minimum absolute atomic E-state index is 0.0129. The lowest BCUT2D eigenvalue weighted by atomic mass is 10.1. The van der Waals surface area contributed by atoms with Crippen LogP contribution in [0.25, 0.3) is 0 Å². The molecule has 0 saturated carbocycles. The molecule has 0 aliphatic rings. The zero-order valence-electron chi connectivity index (χ0n) is 12.3. The van der Waals surface area contributed by atoms with Gasteiger partial charge >= 0.3 is 0 Å². The highest BCUT2D eigenvalue weighted by Crippen LogP contribution is 2.15. The van der Waals surface area contributed by atoms with Gasteiger partial charge in [0.05, 0.1) is 18.8 Å². The molecular formula is C17H22N2O2. The van der Waals surface area contributed by atoms with E-state index in [9.17, 15) is 5.11 Å². The number of aromatic nitrogens is 1. The molecule has 2 rings (SSSR count). The van der Waals surface area contributed by atoms with Crippen molar-refractivity contribution in [3.8, 4) is 0 Å². The van der Waals surface area contributed by atoms with Gasteiger partial charge < -0.3 is 15.2 Å². The molecular weight excluding hydrogens is 264 g/mol. The lowest BCUT2D eigenvalue weighted by molar-refractivity contribution is -0.00212. The van der Waals surface area contributed by atoms with E-state index in [1.807, 2.05) is 49.4 Å². The predicted octanol–water partition coefficient (Wildman–Crippen LogP) is 2.31. The summed E-state index contributed by atoms with van der Waals surface area (Å²) < 4.78 is 5.69. The standard InChI is InChI=1S/C17H22N2O2/c1-14(16-5-3-2-4-6-16)21-13-17(20)12-19-11-15-7-9-18-10-8-15/h2-10,14,17,19-20H,11-13H2,1H3. The average molecular weight is 286 g/mol. The Labute approximate surface area is 125 Å². The van der Waals surface area contributed by atoms with Crippen LogP contribution >= 0.6 is 0 Å². The fourth-order valence-corrected chi connectivity index (χ4v) is 2.02. The van der Waals surface area contributed by atoms with Crippen LogP contribution < -0.4 is 5.32 Å². The van der Waals surface area contributed by atoms with Crippen molar-refractivity contribution in [1.29, 1.82) is 0 Å². The van der Waals surface area contributed by atoms with Crippen LogP contribution in [0.5, 0.6) is 0 Å². The fourth-order valence-electron chi connectivity index (χ4n) is 2.02. The summed E-state index contributed by atoms with van der Waals surface area (Å²) in [4.78, 5) is 3.97. The smallest absolute Gasteiger partial charge is 0.0898 e. The van der Waals surface area contributed by atoms with Gasteiger partial charge in [-0.25, -0.2) is 0 Å². The lowest BCUT2D eigenvalue weighted by Gasteiger charge is -2.17. The molecule has 0 saturated heterocycles. The van der Waals surface area contributed by atoms with Gasteiger partial charge in [0.1, 0.15) is 0 Å². The van der Waals surface area contributed by atoms with Gasteiger partial charge in [-0.3, -0.25) is 4.98 Å². The second-order valence-corrected chi connectivity index (χ2v) is 5.03. The first kappa shape index (κ1) is 15.6. The third-order valence-corrected chi connectivity index (χ3v) is 3.27. The van der Waals surface area contributed by atoms with Gasteiger partial charge in [-0.05, 0) is 30.2 Å². The van der Waals surface area contributed by atoms with Crippen LogP contribution in [0.3, 0.4) is 0 Å². The summed E-state index contributed by atoms with van der Waals surface area (Å²) in [6.07, 6.45) is 3.00. The van der Waals surface area contributed by atoms with Gasteiger partial charge in [-0.15, -0.1) is 0 Å². The maximum absolute atomic E-state index is 9.92. The number of hydrogen-bond donors (Lipinski definition) is 2. The van der Waals surface area contributed by atoms with Crippen LogP contribution in [-0.2, 0) is 11.3 Å². The summed E-state index contributed by atoms with van der Waals surface area (Å²) in [6.45, 7) is 3.53. The van der Waals surface area contributed by atoms with Crippen LogP contribution in [-0.4, -0.2) is 29.3 Å². The highest BCUT2D eigenvalue weighted by Gasteiger charge is 2.09. The first-order valence-corrected chi connectivity index (χ1v) is 7.20. The third kappa shape index (κ3) is 5.63. The van der Waals surface area contributed by atoms with Crippen molar-refractivity contribution in [2.45, 2.75) is 25.7 Å². The number of nitrogens with one attached hydrogen (secondary N) is 1. The van der Waals surface area contributed by atoms with Gasteiger partial charge in [-0.2, -0.15) is 0 Å². The number of rotatable bonds is 8. The highest BCUT2D eigenvalue weighted by molar-refractivity contribution is 5.16. The minimum atomic E-state index is -0.516. The maximum Gasteiger partial charge on any atom is 0.0898 e. The van der Waals surface area contributed by atoms with Crippen LogP contribution in [0, 0.1) is 0 Å². The molecule has 2 unspecified atom stereocenters. The molecule has 112 valence electrons. The van der Waals surface area contributed by atoms with Crippen molar-refractivity contribution in [2.75, 3.05) is 13.2 Å². The molecule has 4 heteroatoms. The number of benzene rings is 1. The van der Waals surface area contributed by atoms with Crippen LogP contribution in [0.2, 0.25) is 0 Å². The van der Waals surface area contributed by atoms with Gasteiger partial charge in [0.15, 0.2) is 0 Å². The quantitative estimate of drug-likeness (QED) is 0.782. The van der Waals surface area contributed by atoms with E-state index in [1.54, 1.807) is 12.4 Å². The topological polar surface area (TPSA) is 54.4 Å². The Kier molecular flexibility index (Phi) is 6.34. The molecule has 2 aromatic rings. The first-order valence-electron chi connectivity index (χ1n) is 7.20. The Morgan fingerprint density at radius 2 is 1.86 bits per heavy atom. The Hall–Kier alpha value is -1.75. The van der Waals surface area contributed by atoms with E-state index >= 15 is 0 Å². The van der Waals surface area contributed by atoms with Crippen LogP contribution in [0.15, 0.2) is 54.9 Å². The number of aliphatic hydroxyl groups excluding tert-OH is 1. The Balaban J connectivity index is 1.64. The molecule has 0 spiro atoms. The van der Waals surface area contributed by atoms with E-state index in [0.717, 1.165) is 11.1 Å². The largest absolute Gasteiger partial charge is 0.389 e. The van der Waals surface area contributed by atoms with Crippen molar-refractivity contribution in [2.24, 2.45) is 0 Å². The second-order valence-electron chi connectivity index (χ2n) is 5.03. The van der Waals surface area contributed by atoms with Crippen molar-refractivity contribution in [1.82, 2.24) is 10.3 Å². The average Bonchev–Trinajstić information content (AvgIpc) is 2.54. The van der Waals surface area contributed by atoms with E-state index in [4.69, 9.17) is 4.74 Å². The summed E-state index contributed by atoms with van der Waals surface area (Å²) in [7, 11) is 0. The van der Waals surface area contributed by atoms with E-state index < -0.39 is 6.10 Å². The molecule has 0 aliphatic heterocycles. The van der Waals surface area contributed by atoms with Gasteiger partial charge in [0.25, 0.3) is 0 Å². The second kappa shape index (κ2) is 8.52. The number of aliphatic hydroxyl groups is 1. The SMILES string of the molecule is CC(OCC(O)CNCc1ccncc1)c1ccccc1. The van der Waals surface area contributed by atoms with Gasteiger partial charge in [-0.1, -0.05) is 30.3 Å². The number of hydrogen-bond acceptors (Lipinski definition) is 4. The molecule has 0 fully saturated rings. The zero-order valence-corrected chi connectivity index (χ0v) is 12.3. The van der Waals surface area contributed by atoms with E-state index in [0.29, 0.717) is 19.7 Å². The Morgan fingerprint density at radius 1 is 1.14 bits per heavy atom. The first-order chi connectivity index (χ1) is 10.3. The molecule has 1 aromatic carbocycles. The minimum Gasteiger partial charge on any atom is -0.389 e. The molecule has 21 heavy (non-hydrogen) atoms. The molecule has 0 aliphatic carbocycles. The molecule has 0 radical (unpaired) electrons. The maximum atomic E-state index is 9.92. The summed E-state index contributed by atoms with van der Waals surface area (Å²) in [5.41, 5.74) is 2.27. The summed E-state index contributed by atoms with van der Waals surface area (Å²) >= 11 is 0. The van der Waals surface area contributed by atoms with Crippen molar-refractivity contribution in [3.63, 3.8) is 0 Å². The lowest BCUT2D eigenvalue weighted by Crippen LogP contribution is -2.30. The van der Waals surface area contributed by atoms with Crippen LogP contribution in [0.4, 0.5) is 0 Å². The van der Waals surface area contributed by atoms with Crippen molar-refractivity contribution < 1.29 is 9.84 Å². The zero-order chi connectivity index (χ0) is 14.9. The molecule has 1 heterocycles. The van der Waals surface area contributed by atoms with Crippen molar-refractivity contribution >= 4 is 0 Å². The van der Waals surface area contributed by atoms with Crippen LogP contribution in [0.1, 0.15) is 24.2 Å². The summed E-state index contributed by atoms with van der Waals surface area (Å²) in [5.74, 6) is 0. The Morgan fingerprint density at radius 3 is 2.57 bits per heavy atom. The molecule has 0 bridgehead atoms. The van der Waals surface area contributed by atoms with Crippen molar-refractivity contribution in [3.05, 3.63) is 66.0 Å². The number of ether oxygens (including phenoxy) is 1. The highest BCUT2D eigenvalue weighted by atomic mass is 16.5. The fraction of sp³-hybridized carbons (Fsp3) is 0.353.